The first-order valence-electron chi connectivity index (χ1n) is 8.00. The summed E-state index contributed by atoms with van der Waals surface area (Å²) in [5.74, 6) is 2.10. The van der Waals surface area contributed by atoms with Gasteiger partial charge in [-0.25, -0.2) is 8.78 Å². The Kier molecular flexibility index (Phi) is 5.93. The van der Waals surface area contributed by atoms with Crippen LogP contribution in [0.4, 0.5) is 8.78 Å². The summed E-state index contributed by atoms with van der Waals surface area (Å²) in [5.41, 5.74) is 11.1. The standard InChI is InChI=1S/C18H19F2N3O3/c1-9(15(19)20)14(17(22)25)23-18(26)11-5-2-10(3-6-11)4-7-12-8-13(12)16(21)24/h2-3,5-6,9,12-15H,8H2,1H3,(H2,21,24)(H2,22,25)(H,23,26). The molecule has 4 unspecified atom stereocenters. The molecule has 1 aromatic rings. The summed E-state index contributed by atoms with van der Waals surface area (Å²) in [6.45, 7) is 1.14. The third-order valence-electron chi connectivity index (χ3n) is 4.22. The molecule has 1 aliphatic carbocycles. The molecule has 0 heterocycles. The number of alkyl halides is 2. The number of carbonyl (C=O) groups excluding carboxylic acids is 3. The topological polar surface area (TPSA) is 115 Å². The molecule has 26 heavy (non-hydrogen) atoms. The lowest BCUT2D eigenvalue weighted by molar-refractivity contribution is -0.122. The molecule has 3 amide bonds. The number of halogens is 2. The fraction of sp³-hybridized carbons (Fsp3) is 0.389. The maximum atomic E-state index is 12.8. The van der Waals surface area contributed by atoms with Crippen LogP contribution >= 0.6 is 0 Å². The molecule has 0 aliphatic heterocycles. The molecule has 1 aliphatic rings. The van der Waals surface area contributed by atoms with Crippen molar-refractivity contribution >= 4 is 17.7 Å². The Balaban J connectivity index is 2.01. The molecule has 2 rings (SSSR count). The van der Waals surface area contributed by atoms with E-state index in [1.165, 1.54) is 12.1 Å². The van der Waals surface area contributed by atoms with E-state index < -0.39 is 30.2 Å². The lowest BCUT2D eigenvalue weighted by Crippen LogP contribution is -2.50. The number of hydrogen-bond acceptors (Lipinski definition) is 3. The molecule has 1 aromatic carbocycles. The monoisotopic (exact) mass is 363 g/mol. The highest BCUT2D eigenvalue weighted by Gasteiger charge is 2.40. The molecular weight excluding hydrogens is 344 g/mol. The summed E-state index contributed by atoms with van der Waals surface area (Å²) in [6, 6.07) is 4.62. The number of hydrogen-bond donors (Lipinski definition) is 3. The second kappa shape index (κ2) is 7.95. The molecule has 1 fully saturated rings. The number of carbonyl (C=O) groups is 3. The lowest BCUT2D eigenvalue weighted by atomic mass is 10.0. The number of nitrogens with two attached hydrogens (primary N) is 2. The van der Waals surface area contributed by atoms with Crippen LogP contribution in [-0.4, -0.2) is 30.2 Å². The van der Waals surface area contributed by atoms with Crippen molar-refractivity contribution in [2.24, 2.45) is 29.2 Å². The van der Waals surface area contributed by atoms with Gasteiger partial charge in [0.25, 0.3) is 5.91 Å². The Morgan fingerprint density at radius 3 is 2.27 bits per heavy atom. The lowest BCUT2D eigenvalue weighted by Gasteiger charge is -2.21. The van der Waals surface area contributed by atoms with Crippen molar-refractivity contribution in [2.45, 2.75) is 25.8 Å². The third-order valence-corrected chi connectivity index (χ3v) is 4.22. The number of primary amides is 2. The number of nitrogens with one attached hydrogen (secondary N) is 1. The Bertz CT molecular complexity index is 768. The molecule has 0 aromatic heterocycles. The third kappa shape index (κ3) is 4.79. The van der Waals surface area contributed by atoms with E-state index in [-0.39, 0.29) is 23.3 Å². The zero-order valence-corrected chi connectivity index (χ0v) is 14.0. The number of benzene rings is 1. The largest absolute Gasteiger partial charge is 0.369 e. The van der Waals surface area contributed by atoms with Gasteiger partial charge in [0.1, 0.15) is 6.04 Å². The van der Waals surface area contributed by atoms with Crippen LogP contribution in [0.3, 0.4) is 0 Å². The van der Waals surface area contributed by atoms with Gasteiger partial charge in [-0.3, -0.25) is 14.4 Å². The summed E-state index contributed by atoms with van der Waals surface area (Å²) in [5, 5.41) is 2.23. The molecule has 8 heteroatoms. The fourth-order valence-corrected chi connectivity index (χ4v) is 2.38. The minimum absolute atomic E-state index is 0.0392. The van der Waals surface area contributed by atoms with Crippen LogP contribution in [-0.2, 0) is 9.59 Å². The SMILES string of the molecule is CC(C(F)F)C(NC(=O)c1ccc(C#CC2CC2C(N)=O)cc1)C(N)=O. The van der Waals surface area contributed by atoms with E-state index in [1.54, 1.807) is 12.1 Å². The highest BCUT2D eigenvalue weighted by atomic mass is 19.3. The van der Waals surface area contributed by atoms with Crippen LogP contribution in [0, 0.1) is 29.6 Å². The Morgan fingerprint density at radius 1 is 1.19 bits per heavy atom. The Labute approximate surface area is 149 Å². The van der Waals surface area contributed by atoms with Crippen molar-refractivity contribution in [2.75, 3.05) is 0 Å². The summed E-state index contributed by atoms with van der Waals surface area (Å²) in [7, 11) is 0. The van der Waals surface area contributed by atoms with Gasteiger partial charge in [0, 0.05) is 23.0 Å². The zero-order chi connectivity index (χ0) is 19.4. The van der Waals surface area contributed by atoms with E-state index in [9.17, 15) is 23.2 Å². The van der Waals surface area contributed by atoms with Gasteiger partial charge < -0.3 is 16.8 Å². The van der Waals surface area contributed by atoms with E-state index in [0.29, 0.717) is 12.0 Å². The van der Waals surface area contributed by atoms with Crippen molar-refractivity contribution in [3.05, 3.63) is 35.4 Å². The quantitative estimate of drug-likeness (QED) is 0.644. The van der Waals surface area contributed by atoms with Gasteiger partial charge in [0.05, 0.1) is 5.92 Å². The average molecular weight is 363 g/mol. The average Bonchev–Trinajstić information content (AvgIpc) is 3.37. The Morgan fingerprint density at radius 2 is 1.81 bits per heavy atom. The molecule has 0 bridgehead atoms. The maximum Gasteiger partial charge on any atom is 0.251 e. The predicted molar refractivity (Wildman–Crippen MR) is 89.7 cm³/mol. The van der Waals surface area contributed by atoms with Crippen LogP contribution in [0.25, 0.3) is 0 Å². The summed E-state index contributed by atoms with van der Waals surface area (Å²) >= 11 is 0. The summed E-state index contributed by atoms with van der Waals surface area (Å²) < 4.78 is 25.5. The first kappa shape index (κ1) is 19.4. The zero-order valence-electron chi connectivity index (χ0n) is 14.0. The Hall–Kier alpha value is -2.95. The summed E-state index contributed by atoms with van der Waals surface area (Å²) in [4.78, 5) is 34.4. The molecule has 0 spiro atoms. The van der Waals surface area contributed by atoms with Crippen molar-refractivity contribution in [3.8, 4) is 11.8 Å². The molecule has 0 saturated heterocycles. The van der Waals surface area contributed by atoms with E-state index in [1.807, 2.05) is 0 Å². The van der Waals surface area contributed by atoms with Crippen LogP contribution < -0.4 is 16.8 Å². The molecule has 5 N–H and O–H groups in total. The second-order valence-electron chi connectivity index (χ2n) is 6.24. The van der Waals surface area contributed by atoms with Gasteiger partial charge in [0.2, 0.25) is 18.2 Å². The van der Waals surface area contributed by atoms with Gasteiger partial charge in [-0.05, 0) is 30.7 Å². The highest BCUT2D eigenvalue weighted by Crippen LogP contribution is 2.37. The maximum absolute atomic E-state index is 12.8. The van der Waals surface area contributed by atoms with Crippen molar-refractivity contribution < 1.29 is 23.2 Å². The normalized spacial score (nSPS) is 20.5. The number of rotatable bonds is 6. The smallest absolute Gasteiger partial charge is 0.251 e. The second-order valence-corrected chi connectivity index (χ2v) is 6.24. The van der Waals surface area contributed by atoms with Crippen molar-refractivity contribution in [1.82, 2.24) is 5.32 Å². The van der Waals surface area contributed by atoms with E-state index in [0.717, 1.165) is 6.92 Å². The number of amides is 3. The van der Waals surface area contributed by atoms with Gasteiger partial charge in [-0.1, -0.05) is 18.8 Å². The summed E-state index contributed by atoms with van der Waals surface area (Å²) in [6.07, 6.45) is -2.14. The van der Waals surface area contributed by atoms with Crippen LogP contribution in [0.15, 0.2) is 24.3 Å². The van der Waals surface area contributed by atoms with Crippen LogP contribution in [0.5, 0.6) is 0 Å². The molecule has 0 radical (unpaired) electrons. The highest BCUT2D eigenvalue weighted by molar-refractivity contribution is 5.97. The van der Waals surface area contributed by atoms with Crippen molar-refractivity contribution in [1.29, 1.82) is 0 Å². The van der Waals surface area contributed by atoms with Crippen molar-refractivity contribution in [3.63, 3.8) is 0 Å². The van der Waals surface area contributed by atoms with Gasteiger partial charge in [-0.15, -0.1) is 0 Å². The minimum atomic E-state index is -2.79. The molecule has 138 valence electrons. The first-order valence-corrected chi connectivity index (χ1v) is 8.00. The first-order chi connectivity index (χ1) is 12.2. The van der Waals surface area contributed by atoms with E-state index >= 15 is 0 Å². The van der Waals surface area contributed by atoms with Gasteiger partial charge in [0.15, 0.2) is 0 Å². The molecule has 1 saturated carbocycles. The molecular formula is C18H19F2N3O3. The van der Waals surface area contributed by atoms with Gasteiger partial charge >= 0.3 is 0 Å². The molecule has 4 atom stereocenters. The minimum Gasteiger partial charge on any atom is -0.369 e. The van der Waals surface area contributed by atoms with Crippen LogP contribution in [0.1, 0.15) is 29.3 Å². The van der Waals surface area contributed by atoms with E-state index in [4.69, 9.17) is 11.5 Å². The molecule has 6 nitrogen and oxygen atoms in total. The van der Waals surface area contributed by atoms with Crippen LogP contribution in [0.2, 0.25) is 0 Å². The van der Waals surface area contributed by atoms with Gasteiger partial charge in [-0.2, -0.15) is 0 Å². The fourth-order valence-electron chi connectivity index (χ4n) is 2.38. The van der Waals surface area contributed by atoms with E-state index in [2.05, 4.69) is 17.2 Å². The predicted octanol–water partition coefficient (Wildman–Crippen LogP) is 0.644.